The number of hydrogen-bond donors (Lipinski definition) is 3. The Morgan fingerprint density at radius 2 is 2.12 bits per heavy atom. The van der Waals surface area contributed by atoms with Crippen molar-refractivity contribution in [1.82, 2.24) is 20.5 Å². The Morgan fingerprint density at radius 3 is 2.91 bits per heavy atom. The van der Waals surface area contributed by atoms with Gasteiger partial charge in [-0.25, -0.2) is 14.3 Å². The van der Waals surface area contributed by atoms with E-state index in [-0.39, 0.29) is 21.8 Å². The molecule has 33 heavy (non-hydrogen) atoms. The molecule has 1 unspecified atom stereocenters. The number of aromatic nitrogens is 3. The van der Waals surface area contributed by atoms with Crippen molar-refractivity contribution in [3.8, 4) is 17.2 Å². The maximum atomic E-state index is 14.8. The summed E-state index contributed by atoms with van der Waals surface area (Å²) >= 11 is 6.35. The molecule has 4 rings (SSSR count). The highest BCUT2D eigenvalue weighted by molar-refractivity contribution is 6.33. The lowest BCUT2D eigenvalue weighted by atomic mass is 10.0. The summed E-state index contributed by atoms with van der Waals surface area (Å²) in [5, 5.41) is 21.3. The summed E-state index contributed by atoms with van der Waals surface area (Å²) in [6.07, 6.45) is 5.00. The van der Waals surface area contributed by atoms with Crippen molar-refractivity contribution in [3.63, 3.8) is 0 Å². The molecule has 3 N–H and O–H groups in total. The molecule has 2 aromatic heterocycles. The number of carbonyl (C=O) groups is 1. The number of aromatic amines is 1. The van der Waals surface area contributed by atoms with Crippen LogP contribution in [0.25, 0.3) is 11.1 Å². The monoisotopic (exact) mass is 466 g/mol. The lowest BCUT2D eigenvalue weighted by molar-refractivity contribution is 0.247. The summed E-state index contributed by atoms with van der Waals surface area (Å²) in [6, 6.07) is 6.48. The second-order valence-electron chi connectivity index (χ2n) is 8.03. The first-order valence-corrected chi connectivity index (χ1v) is 10.7. The van der Waals surface area contributed by atoms with Crippen LogP contribution in [0.1, 0.15) is 42.6 Å². The van der Waals surface area contributed by atoms with E-state index in [9.17, 15) is 19.2 Å². The van der Waals surface area contributed by atoms with Crippen LogP contribution in [0.5, 0.6) is 0 Å². The first kappa shape index (κ1) is 22.4. The number of halogens is 2. The highest BCUT2D eigenvalue weighted by Gasteiger charge is 2.26. The van der Waals surface area contributed by atoms with Crippen LogP contribution in [-0.4, -0.2) is 21.2 Å². The summed E-state index contributed by atoms with van der Waals surface area (Å²) in [5.74, 6) is -0.375. The Hall–Kier alpha value is -3.77. The average molecular weight is 467 g/mol. The van der Waals surface area contributed by atoms with Crippen molar-refractivity contribution in [1.29, 1.82) is 5.26 Å². The van der Waals surface area contributed by atoms with Gasteiger partial charge in [-0.05, 0) is 48.9 Å². The van der Waals surface area contributed by atoms with E-state index in [1.807, 2.05) is 6.07 Å². The molecular formula is C23H20ClFN6O2. The molecule has 0 spiro atoms. The van der Waals surface area contributed by atoms with E-state index in [2.05, 4.69) is 32.7 Å². The van der Waals surface area contributed by atoms with E-state index >= 15 is 0 Å². The molecule has 2 amide bonds. The molecule has 0 saturated heterocycles. The standard InChI is InChI=1S/C23H20ClFN6O2/c1-12-2-3-19(22-13(6-12)7-21(32)30-31-22)28-23(33)29-20-9-17(24)16(8-18(20)25)15-4-5-27-11-14(15)10-26/h4-5,7-9,11-12,19H,2-3,6H2,1H3,(H,30,32)(H2,28,29,33)/t12?,19-/m1/s1. The van der Waals surface area contributed by atoms with E-state index in [4.69, 9.17) is 11.6 Å². The van der Waals surface area contributed by atoms with E-state index < -0.39 is 17.9 Å². The number of fused-ring (bicyclic) bond motifs is 1. The number of nitrogens with one attached hydrogen (secondary N) is 3. The van der Waals surface area contributed by atoms with E-state index in [0.717, 1.165) is 12.0 Å². The zero-order valence-electron chi connectivity index (χ0n) is 17.7. The summed E-state index contributed by atoms with van der Waals surface area (Å²) in [7, 11) is 0. The average Bonchev–Trinajstić information content (AvgIpc) is 2.93. The van der Waals surface area contributed by atoms with Crippen LogP contribution in [-0.2, 0) is 6.42 Å². The Balaban J connectivity index is 1.56. The Labute approximate surface area is 193 Å². The maximum Gasteiger partial charge on any atom is 0.319 e. The zero-order chi connectivity index (χ0) is 23.5. The summed E-state index contributed by atoms with van der Waals surface area (Å²) in [6.45, 7) is 2.08. The van der Waals surface area contributed by atoms with Crippen LogP contribution in [0.4, 0.5) is 14.9 Å². The molecule has 1 aliphatic rings. The fourth-order valence-electron chi connectivity index (χ4n) is 4.01. The third-order valence-corrected chi connectivity index (χ3v) is 5.92. The molecule has 8 nitrogen and oxygen atoms in total. The van der Waals surface area contributed by atoms with Crippen molar-refractivity contribution >= 4 is 23.3 Å². The van der Waals surface area contributed by atoms with Gasteiger partial charge in [0, 0.05) is 29.6 Å². The van der Waals surface area contributed by atoms with Gasteiger partial charge in [-0.2, -0.15) is 10.4 Å². The number of nitrogens with zero attached hydrogens (tertiary/aromatic N) is 3. The highest BCUT2D eigenvalue weighted by Crippen LogP contribution is 2.34. The van der Waals surface area contributed by atoms with Crippen molar-refractivity contribution in [2.45, 2.75) is 32.2 Å². The lowest BCUT2D eigenvalue weighted by Crippen LogP contribution is -2.34. The second kappa shape index (κ2) is 9.38. The minimum Gasteiger partial charge on any atom is -0.329 e. The quantitative estimate of drug-likeness (QED) is 0.495. The molecular weight excluding hydrogens is 447 g/mol. The first-order chi connectivity index (χ1) is 15.9. The largest absolute Gasteiger partial charge is 0.329 e. The molecule has 0 aliphatic heterocycles. The van der Waals surface area contributed by atoms with Crippen LogP contribution < -0.4 is 16.2 Å². The van der Waals surface area contributed by atoms with Gasteiger partial charge < -0.3 is 10.6 Å². The number of carbonyl (C=O) groups excluding carboxylic acids is 1. The Bertz CT molecular complexity index is 1320. The van der Waals surface area contributed by atoms with Crippen molar-refractivity contribution in [2.75, 3.05) is 5.32 Å². The number of urea groups is 1. The normalized spacial score (nSPS) is 17.4. The number of benzene rings is 1. The number of hydrogen-bond acceptors (Lipinski definition) is 5. The van der Waals surface area contributed by atoms with Crippen molar-refractivity contribution in [2.24, 2.45) is 5.92 Å². The minimum absolute atomic E-state index is 0.106. The van der Waals surface area contributed by atoms with Gasteiger partial charge in [-0.15, -0.1) is 0 Å². The highest BCUT2D eigenvalue weighted by atomic mass is 35.5. The predicted molar refractivity (Wildman–Crippen MR) is 121 cm³/mol. The molecule has 0 radical (unpaired) electrons. The Kier molecular flexibility index (Phi) is 6.38. The number of rotatable bonds is 3. The molecule has 10 heteroatoms. The molecule has 0 fully saturated rings. The molecule has 168 valence electrons. The molecule has 3 aromatic rings. The lowest BCUT2D eigenvalue weighted by Gasteiger charge is -2.19. The molecule has 2 atom stereocenters. The number of amides is 2. The van der Waals surface area contributed by atoms with E-state index in [1.165, 1.54) is 30.6 Å². The SMILES string of the molecule is CC1CC[C@@H](NC(=O)Nc2cc(Cl)c(-c3ccncc3C#N)cc2F)c2n[nH]c(=O)cc2C1. The number of nitriles is 1. The molecule has 1 aliphatic carbocycles. The van der Waals surface area contributed by atoms with Crippen LogP contribution in [0, 0.1) is 23.1 Å². The molecule has 0 bridgehead atoms. The molecule has 1 aromatic carbocycles. The number of H-pyrrole nitrogens is 1. The second-order valence-corrected chi connectivity index (χ2v) is 8.43. The van der Waals surface area contributed by atoms with Gasteiger partial charge in [0.2, 0.25) is 0 Å². The first-order valence-electron chi connectivity index (χ1n) is 10.3. The Morgan fingerprint density at radius 1 is 1.30 bits per heavy atom. The van der Waals surface area contributed by atoms with Gasteiger partial charge >= 0.3 is 6.03 Å². The van der Waals surface area contributed by atoms with Crippen molar-refractivity contribution < 1.29 is 9.18 Å². The fraction of sp³-hybridized carbons (Fsp3) is 0.261. The molecule has 2 heterocycles. The maximum absolute atomic E-state index is 14.8. The van der Waals surface area contributed by atoms with Gasteiger partial charge in [0.05, 0.1) is 28.0 Å². The number of pyridine rings is 1. The minimum atomic E-state index is -0.706. The summed E-state index contributed by atoms with van der Waals surface area (Å²) < 4.78 is 14.8. The molecule has 0 saturated carbocycles. The van der Waals surface area contributed by atoms with E-state index in [0.29, 0.717) is 35.6 Å². The van der Waals surface area contributed by atoms with Crippen LogP contribution in [0.15, 0.2) is 41.5 Å². The predicted octanol–water partition coefficient (Wildman–Crippen LogP) is 4.33. The topological polar surface area (TPSA) is 124 Å². The van der Waals surface area contributed by atoms with Crippen molar-refractivity contribution in [3.05, 3.63) is 74.7 Å². The van der Waals surface area contributed by atoms with Gasteiger partial charge in [0.25, 0.3) is 5.56 Å². The van der Waals surface area contributed by atoms with Crippen LogP contribution >= 0.6 is 11.6 Å². The fourth-order valence-corrected chi connectivity index (χ4v) is 4.27. The smallest absolute Gasteiger partial charge is 0.319 e. The van der Waals surface area contributed by atoms with Gasteiger partial charge in [-0.1, -0.05) is 18.5 Å². The third kappa shape index (κ3) is 4.86. The third-order valence-electron chi connectivity index (χ3n) is 5.61. The van der Waals surface area contributed by atoms with Crippen LogP contribution in [0.3, 0.4) is 0 Å². The summed E-state index contributed by atoms with van der Waals surface area (Å²) in [4.78, 5) is 28.3. The van der Waals surface area contributed by atoms with Gasteiger partial charge in [0.1, 0.15) is 11.9 Å². The van der Waals surface area contributed by atoms with E-state index in [1.54, 1.807) is 6.07 Å². The van der Waals surface area contributed by atoms with Crippen LogP contribution in [0.2, 0.25) is 5.02 Å². The van der Waals surface area contributed by atoms with Gasteiger partial charge in [-0.3, -0.25) is 9.78 Å². The zero-order valence-corrected chi connectivity index (χ0v) is 18.4. The summed E-state index contributed by atoms with van der Waals surface area (Å²) in [5.41, 5.74) is 2.00. The number of anilines is 1. The van der Waals surface area contributed by atoms with Gasteiger partial charge in [0.15, 0.2) is 0 Å².